The number of aromatic nitrogens is 2. The van der Waals surface area contributed by atoms with Crippen molar-refractivity contribution in [3.63, 3.8) is 0 Å². The van der Waals surface area contributed by atoms with Crippen LogP contribution in [-0.2, 0) is 11.0 Å². The molecule has 0 spiro atoms. The van der Waals surface area contributed by atoms with Gasteiger partial charge in [-0.25, -0.2) is 9.07 Å². The second-order valence-corrected chi connectivity index (χ2v) is 6.52. The molecule has 3 N–H and O–H groups in total. The Morgan fingerprint density at radius 1 is 1.10 bits per heavy atom. The number of benzene rings is 2. The Bertz CT molecular complexity index is 1110. The van der Waals surface area contributed by atoms with Crippen LogP contribution >= 0.6 is 0 Å². The molecule has 0 aliphatic rings. The number of nitrogens with one attached hydrogen (secondary N) is 1. The number of carbonyl (C=O) groups is 2. The minimum atomic E-state index is -4.56. The molecule has 1 amide bonds. The predicted octanol–water partition coefficient (Wildman–Crippen LogP) is 3.68. The minimum Gasteiger partial charge on any atom is -0.493 e. The topological polar surface area (TPSA) is 104 Å². The first-order chi connectivity index (χ1) is 14.5. The quantitative estimate of drug-likeness (QED) is 0.511. The van der Waals surface area contributed by atoms with Crippen LogP contribution in [0, 0.1) is 5.82 Å². The Balaban J connectivity index is 1.85. The lowest BCUT2D eigenvalue weighted by Gasteiger charge is -2.17. The number of aliphatic carboxylic acids is 1. The van der Waals surface area contributed by atoms with Gasteiger partial charge in [0.25, 0.3) is 5.91 Å². The molecule has 31 heavy (non-hydrogen) atoms. The first kappa shape index (κ1) is 21.8. The number of nitrogens with zero attached hydrogens (tertiary/aromatic N) is 2. The van der Waals surface area contributed by atoms with E-state index in [1.807, 2.05) is 0 Å². The number of amides is 1. The van der Waals surface area contributed by atoms with Crippen molar-refractivity contribution >= 4 is 11.9 Å². The summed E-state index contributed by atoms with van der Waals surface area (Å²) in [6, 6.07) is 8.59. The number of alkyl halides is 3. The van der Waals surface area contributed by atoms with Crippen molar-refractivity contribution in [2.75, 3.05) is 0 Å². The Morgan fingerprint density at radius 2 is 1.77 bits per heavy atom. The lowest BCUT2D eigenvalue weighted by Crippen LogP contribution is -2.30. The van der Waals surface area contributed by atoms with Crippen LogP contribution in [0.3, 0.4) is 0 Å². The summed E-state index contributed by atoms with van der Waals surface area (Å²) >= 11 is 0. The number of carboxylic acid groups (broad SMARTS) is 1. The minimum absolute atomic E-state index is 0.137. The third-order valence-electron chi connectivity index (χ3n) is 4.30. The molecule has 0 bridgehead atoms. The number of hydrogen-bond acceptors (Lipinski definition) is 4. The van der Waals surface area contributed by atoms with E-state index in [0.29, 0.717) is 0 Å². The van der Waals surface area contributed by atoms with Gasteiger partial charge in [0.2, 0.25) is 5.88 Å². The van der Waals surface area contributed by atoms with Gasteiger partial charge in [-0.15, -0.1) is 0 Å². The van der Waals surface area contributed by atoms with Gasteiger partial charge in [-0.3, -0.25) is 9.59 Å². The van der Waals surface area contributed by atoms with Crippen LogP contribution in [-0.4, -0.2) is 31.9 Å². The van der Waals surface area contributed by atoms with E-state index in [2.05, 4.69) is 10.4 Å². The summed E-state index contributed by atoms with van der Waals surface area (Å²) in [5.74, 6) is -3.24. The van der Waals surface area contributed by atoms with Crippen molar-refractivity contribution in [3.8, 4) is 11.6 Å². The average molecular weight is 437 g/mol. The van der Waals surface area contributed by atoms with Crippen molar-refractivity contribution in [1.29, 1.82) is 0 Å². The number of carbonyl (C=O) groups excluding carboxylic acids is 1. The smallest absolute Gasteiger partial charge is 0.416 e. The average Bonchev–Trinajstić information content (AvgIpc) is 3.08. The fourth-order valence-electron chi connectivity index (χ4n) is 2.84. The molecule has 0 radical (unpaired) electrons. The molecular weight excluding hydrogens is 422 g/mol. The van der Waals surface area contributed by atoms with Crippen LogP contribution in [0.4, 0.5) is 17.6 Å². The van der Waals surface area contributed by atoms with E-state index in [1.54, 1.807) is 0 Å². The molecule has 0 aliphatic heterocycles. The zero-order chi connectivity index (χ0) is 22.8. The van der Waals surface area contributed by atoms with Gasteiger partial charge in [-0.1, -0.05) is 18.2 Å². The summed E-state index contributed by atoms with van der Waals surface area (Å²) in [4.78, 5) is 23.7. The van der Waals surface area contributed by atoms with Crippen LogP contribution < -0.4 is 5.32 Å². The van der Waals surface area contributed by atoms with Gasteiger partial charge in [0.15, 0.2) is 5.69 Å². The Kier molecular flexibility index (Phi) is 5.95. The molecular formula is C20H15F4N3O4. The highest BCUT2D eigenvalue weighted by atomic mass is 19.4. The first-order valence-corrected chi connectivity index (χ1v) is 8.79. The molecule has 11 heteroatoms. The van der Waals surface area contributed by atoms with E-state index in [-0.39, 0.29) is 16.9 Å². The summed E-state index contributed by atoms with van der Waals surface area (Å²) < 4.78 is 52.5. The second kappa shape index (κ2) is 8.46. The molecule has 0 aliphatic carbocycles. The molecule has 7 nitrogen and oxygen atoms in total. The highest BCUT2D eigenvalue weighted by molar-refractivity contribution is 5.93. The molecule has 3 rings (SSSR count). The van der Waals surface area contributed by atoms with Gasteiger partial charge < -0.3 is 15.5 Å². The number of hydrogen-bond donors (Lipinski definition) is 3. The maximum Gasteiger partial charge on any atom is 0.416 e. The fourth-order valence-corrected chi connectivity index (χ4v) is 2.84. The third kappa shape index (κ3) is 5.18. The summed E-state index contributed by atoms with van der Waals surface area (Å²) in [5, 5.41) is 25.4. The molecule has 0 saturated carbocycles. The van der Waals surface area contributed by atoms with Crippen molar-refractivity contribution < 1.29 is 37.4 Å². The van der Waals surface area contributed by atoms with Crippen LogP contribution in [0.25, 0.3) is 5.69 Å². The zero-order valence-electron chi connectivity index (χ0n) is 15.6. The zero-order valence-corrected chi connectivity index (χ0v) is 15.6. The van der Waals surface area contributed by atoms with Gasteiger partial charge in [0.05, 0.1) is 23.7 Å². The van der Waals surface area contributed by atoms with E-state index in [9.17, 15) is 32.3 Å². The second-order valence-electron chi connectivity index (χ2n) is 6.52. The summed E-state index contributed by atoms with van der Waals surface area (Å²) in [6.07, 6.45) is -5.17. The standard InChI is InChI=1S/C20H15F4N3O4/c21-13-2-1-3-14(8-13)27-17(28)9-16(26-27)19(31)25-15(10-18(29)30)11-4-6-12(7-5-11)20(22,23)24/h1-9,15,28H,10H2,(H,25,31)(H,29,30)/t15-/m0/s1. The van der Waals surface area contributed by atoms with E-state index in [4.69, 9.17) is 5.11 Å². The van der Waals surface area contributed by atoms with Gasteiger partial charge >= 0.3 is 12.1 Å². The molecule has 1 heterocycles. The van der Waals surface area contributed by atoms with E-state index in [0.717, 1.165) is 41.1 Å². The lowest BCUT2D eigenvalue weighted by atomic mass is 10.0. The van der Waals surface area contributed by atoms with Gasteiger partial charge in [-0.2, -0.15) is 18.3 Å². The van der Waals surface area contributed by atoms with E-state index >= 15 is 0 Å². The van der Waals surface area contributed by atoms with E-state index < -0.39 is 47.8 Å². The fraction of sp³-hybridized carbons (Fsp3) is 0.150. The van der Waals surface area contributed by atoms with Gasteiger partial charge in [0.1, 0.15) is 5.82 Å². The van der Waals surface area contributed by atoms with Crippen molar-refractivity contribution in [3.05, 3.63) is 77.2 Å². The van der Waals surface area contributed by atoms with Crippen molar-refractivity contribution in [2.24, 2.45) is 0 Å². The maximum absolute atomic E-state index is 13.4. The van der Waals surface area contributed by atoms with Crippen molar-refractivity contribution in [1.82, 2.24) is 15.1 Å². The highest BCUT2D eigenvalue weighted by Gasteiger charge is 2.30. The number of rotatable bonds is 6. The van der Waals surface area contributed by atoms with Gasteiger partial charge in [0, 0.05) is 6.07 Å². The maximum atomic E-state index is 13.4. The molecule has 162 valence electrons. The number of carboxylic acids is 1. The SMILES string of the molecule is O=C(O)C[C@H](NC(=O)c1cc(O)n(-c2cccc(F)c2)n1)c1ccc(C(F)(F)F)cc1. The Labute approximate surface area is 172 Å². The summed E-state index contributed by atoms with van der Waals surface area (Å²) in [6.45, 7) is 0. The molecule has 2 aromatic carbocycles. The van der Waals surface area contributed by atoms with E-state index in [1.165, 1.54) is 18.2 Å². The monoisotopic (exact) mass is 437 g/mol. The molecule has 1 atom stereocenters. The highest BCUT2D eigenvalue weighted by Crippen LogP contribution is 2.30. The molecule has 0 unspecified atom stereocenters. The Hall–Kier alpha value is -3.89. The van der Waals surface area contributed by atoms with Crippen LogP contribution in [0.1, 0.15) is 34.1 Å². The molecule has 0 fully saturated rings. The largest absolute Gasteiger partial charge is 0.493 e. The number of aromatic hydroxyl groups is 1. The first-order valence-electron chi connectivity index (χ1n) is 8.79. The number of halogens is 4. The third-order valence-corrected chi connectivity index (χ3v) is 4.30. The Morgan fingerprint density at radius 3 is 2.35 bits per heavy atom. The summed E-state index contributed by atoms with van der Waals surface area (Å²) in [5.41, 5.74) is -0.946. The normalized spacial score (nSPS) is 12.4. The predicted molar refractivity (Wildman–Crippen MR) is 99.1 cm³/mol. The van der Waals surface area contributed by atoms with Crippen LogP contribution in [0.15, 0.2) is 54.6 Å². The lowest BCUT2D eigenvalue weighted by molar-refractivity contribution is -0.138. The van der Waals surface area contributed by atoms with Crippen molar-refractivity contribution in [2.45, 2.75) is 18.6 Å². The summed E-state index contributed by atoms with van der Waals surface area (Å²) in [7, 11) is 0. The van der Waals surface area contributed by atoms with Crippen LogP contribution in [0.2, 0.25) is 0 Å². The molecule has 3 aromatic rings. The molecule has 1 aromatic heterocycles. The van der Waals surface area contributed by atoms with Crippen LogP contribution in [0.5, 0.6) is 5.88 Å². The molecule has 0 saturated heterocycles. The van der Waals surface area contributed by atoms with Gasteiger partial charge in [-0.05, 0) is 35.9 Å².